The van der Waals surface area contributed by atoms with Gasteiger partial charge in [0.05, 0.1) is 5.69 Å². The predicted molar refractivity (Wildman–Crippen MR) is 112 cm³/mol. The van der Waals surface area contributed by atoms with Crippen molar-refractivity contribution >= 4 is 11.9 Å². The Morgan fingerprint density at radius 2 is 2.00 bits per heavy atom. The van der Waals surface area contributed by atoms with Crippen LogP contribution in [-0.4, -0.2) is 38.8 Å². The molecule has 1 unspecified atom stereocenters. The number of primary amides is 1. The molecule has 0 radical (unpaired) electrons. The van der Waals surface area contributed by atoms with Crippen molar-refractivity contribution in [2.75, 3.05) is 18.8 Å². The van der Waals surface area contributed by atoms with E-state index < -0.39 is 5.91 Å². The average Bonchev–Trinajstić information content (AvgIpc) is 2.75. The van der Waals surface area contributed by atoms with Crippen molar-refractivity contribution in [1.29, 1.82) is 0 Å². The van der Waals surface area contributed by atoms with E-state index in [2.05, 4.69) is 25.9 Å². The number of hydrogen-bond donors (Lipinski definition) is 2. The molecule has 3 aromatic rings. The fourth-order valence-electron chi connectivity index (χ4n) is 3.93. The number of benzene rings is 1. The van der Waals surface area contributed by atoms with Crippen molar-refractivity contribution in [3.63, 3.8) is 0 Å². The van der Waals surface area contributed by atoms with Crippen LogP contribution in [-0.2, 0) is 6.54 Å². The van der Waals surface area contributed by atoms with E-state index in [0.29, 0.717) is 5.56 Å². The number of likely N-dealkylation sites (tertiary alicyclic amines) is 1. The van der Waals surface area contributed by atoms with E-state index in [9.17, 15) is 4.79 Å². The van der Waals surface area contributed by atoms with E-state index in [4.69, 9.17) is 11.5 Å². The molecule has 0 spiro atoms. The summed E-state index contributed by atoms with van der Waals surface area (Å²) in [5.41, 5.74) is 15.8. The number of carbonyl (C=O) groups is 1. The zero-order valence-electron chi connectivity index (χ0n) is 16.2. The summed E-state index contributed by atoms with van der Waals surface area (Å²) in [6.45, 7) is 2.82. The van der Waals surface area contributed by atoms with Crippen LogP contribution in [0, 0.1) is 0 Å². The molecule has 1 fully saturated rings. The largest absolute Gasteiger partial charge is 0.368 e. The molecular weight excluding hydrogens is 364 g/mol. The normalized spacial score (nSPS) is 17.2. The maximum absolute atomic E-state index is 11.4. The average molecular weight is 388 g/mol. The van der Waals surface area contributed by atoms with Gasteiger partial charge >= 0.3 is 0 Å². The Bertz CT molecular complexity index is 990. The van der Waals surface area contributed by atoms with Crippen LogP contribution in [0.2, 0.25) is 0 Å². The second kappa shape index (κ2) is 8.36. The number of hydrogen-bond acceptors (Lipinski definition) is 6. The highest BCUT2D eigenvalue weighted by Crippen LogP contribution is 2.33. The first kappa shape index (κ1) is 19.0. The number of anilines is 1. The Hall–Kier alpha value is -3.32. The Morgan fingerprint density at radius 1 is 1.17 bits per heavy atom. The molecule has 1 atom stereocenters. The zero-order chi connectivity index (χ0) is 20.2. The minimum absolute atomic E-state index is 0.261. The molecule has 1 saturated heterocycles. The lowest BCUT2D eigenvalue weighted by Gasteiger charge is -2.33. The molecule has 7 nitrogen and oxygen atoms in total. The molecule has 0 saturated carbocycles. The molecule has 1 amide bonds. The summed E-state index contributed by atoms with van der Waals surface area (Å²) < 4.78 is 0. The number of piperidine rings is 1. The van der Waals surface area contributed by atoms with Gasteiger partial charge in [0.2, 0.25) is 11.9 Å². The van der Waals surface area contributed by atoms with Gasteiger partial charge in [0, 0.05) is 48.7 Å². The van der Waals surface area contributed by atoms with E-state index in [0.717, 1.165) is 49.3 Å². The standard InChI is InChI=1S/C22H24N6O/c23-21(29)17-7-5-16(6-8-17)19-12-26-22(24)27-20(19)18-4-2-10-28(14-18)13-15-3-1-9-25-11-15/h1,3,5-9,11-12,18H,2,4,10,13-14H2,(H2,23,29)(H2,24,26,27). The number of amides is 1. The van der Waals surface area contributed by atoms with E-state index in [1.807, 2.05) is 24.4 Å². The lowest BCUT2D eigenvalue weighted by molar-refractivity contribution is 0.100. The number of carbonyl (C=O) groups excluding carboxylic acids is 1. The molecule has 4 N–H and O–H groups in total. The fourth-order valence-corrected chi connectivity index (χ4v) is 3.93. The minimum atomic E-state index is -0.441. The summed E-state index contributed by atoms with van der Waals surface area (Å²) in [6.07, 6.45) is 7.62. The van der Waals surface area contributed by atoms with Gasteiger partial charge in [0.25, 0.3) is 0 Å². The van der Waals surface area contributed by atoms with Gasteiger partial charge in [0.1, 0.15) is 0 Å². The second-order valence-electron chi connectivity index (χ2n) is 7.40. The Balaban J connectivity index is 1.60. The third kappa shape index (κ3) is 4.41. The lowest BCUT2D eigenvalue weighted by atomic mass is 9.89. The first-order chi connectivity index (χ1) is 14.1. The molecular formula is C22H24N6O. The second-order valence-corrected chi connectivity index (χ2v) is 7.40. The molecule has 148 valence electrons. The number of nitrogen functional groups attached to an aromatic ring is 1. The van der Waals surface area contributed by atoms with Gasteiger partial charge in [-0.25, -0.2) is 9.97 Å². The van der Waals surface area contributed by atoms with Crippen molar-refractivity contribution in [3.8, 4) is 11.1 Å². The van der Waals surface area contributed by atoms with Gasteiger partial charge in [-0.15, -0.1) is 0 Å². The molecule has 29 heavy (non-hydrogen) atoms. The number of aromatic nitrogens is 3. The van der Waals surface area contributed by atoms with Gasteiger partial charge < -0.3 is 11.5 Å². The summed E-state index contributed by atoms with van der Waals surface area (Å²) >= 11 is 0. The van der Waals surface area contributed by atoms with E-state index in [1.165, 1.54) is 5.56 Å². The van der Waals surface area contributed by atoms with Gasteiger partial charge in [0.15, 0.2) is 0 Å². The Morgan fingerprint density at radius 3 is 2.72 bits per heavy atom. The summed E-state index contributed by atoms with van der Waals surface area (Å²) in [7, 11) is 0. The highest BCUT2D eigenvalue weighted by Gasteiger charge is 2.25. The molecule has 3 heterocycles. The summed E-state index contributed by atoms with van der Waals surface area (Å²) in [5.74, 6) is 0.0991. The number of nitrogens with zero attached hydrogens (tertiary/aromatic N) is 4. The molecule has 4 rings (SSSR count). The Kier molecular flexibility index (Phi) is 5.48. The maximum atomic E-state index is 11.4. The molecule has 1 aliphatic heterocycles. The van der Waals surface area contributed by atoms with Gasteiger partial charge in [-0.1, -0.05) is 18.2 Å². The predicted octanol–water partition coefficient (Wildman–Crippen LogP) is 2.60. The van der Waals surface area contributed by atoms with Crippen LogP contribution in [0.1, 0.15) is 40.4 Å². The number of pyridine rings is 1. The van der Waals surface area contributed by atoms with Crippen molar-refractivity contribution in [2.24, 2.45) is 5.73 Å². The van der Waals surface area contributed by atoms with Gasteiger partial charge in [-0.3, -0.25) is 14.7 Å². The minimum Gasteiger partial charge on any atom is -0.368 e. The van der Waals surface area contributed by atoms with Crippen molar-refractivity contribution in [2.45, 2.75) is 25.3 Å². The highest BCUT2D eigenvalue weighted by atomic mass is 16.1. The third-order valence-electron chi connectivity index (χ3n) is 5.34. The van der Waals surface area contributed by atoms with Crippen LogP contribution in [0.5, 0.6) is 0 Å². The summed E-state index contributed by atoms with van der Waals surface area (Å²) in [4.78, 5) is 26.8. The summed E-state index contributed by atoms with van der Waals surface area (Å²) in [5, 5.41) is 0. The topological polar surface area (TPSA) is 111 Å². The third-order valence-corrected chi connectivity index (χ3v) is 5.34. The lowest BCUT2D eigenvalue weighted by Crippen LogP contribution is -2.34. The van der Waals surface area contributed by atoms with Crippen LogP contribution in [0.3, 0.4) is 0 Å². The SMILES string of the molecule is NC(=O)c1ccc(-c2cnc(N)nc2C2CCCN(Cc3cccnc3)C2)cc1. The molecule has 0 aliphatic carbocycles. The monoisotopic (exact) mass is 388 g/mol. The molecule has 7 heteroatoms. The fraction of sp³-hybridized carbons (Fsp3) is 0.273. The first-order valence-corrected chi connectivity index (χ1v) is 9.74. The highest BCUT2D eigenvalue weighted by molar-refractivity contribution is 5.93. The quantitative estimate of drug-likeness (QED) is 0.695. The van der Waals surface area contributed by atoms with Crippen molar-refractivity contribution in [3.05, 3.63) is 71.8 Å². The van der Waals surface area contributed by atoms with Crippen LogP contribution in [0.15, 0.2) is 55.0 Å². The van der Waals surface area contributed by atoms with Crippen LogP contribution in [0.4, 0.5) is 5.95 Å². The van der Waals surface area contributed by atoms with Gasteiger partial charge in [-0.2, -0.15) is 0 Å². The van der Waals surface area contributed by atoms with Crippen LogP contribution >= 0.6 is 0 Å². The molecule has 1 aromatic carbocycles. The van der Waals surface area contributed by atoms with Crippen molar-refractivity contribution in [1.82, 2.24) is 19.9 Å². The Labute approximate surface area is 169 Å². The molecule has 0 bridgehead atoms. The van der Waals surface area contributed by atoms with Crippen LogP contribution in [0.25, 0.3) is 11.1 Å². The number of rotatable bonds is 5. The smallest absolute Gasteiger partial charge is 0.248 e. The molecule has 2 aromatic heterocycles. The van der Waals surface area contributed by atoms with Gasteiger partial charge in [-0.05, 0) is 48.7 Å². The zero-order valence-corrected chi connectivity index (χ0v) is 16.2. The van der Waals surface area contributed by atoms with E-state index >= 15 is 0 Å². The molecule has 1 aliphatic rings. The van der Waals surface area contributed by atoms with Crippen LogP contribution < -0.4 is 11.5 Å². The first-order valence-electron chi connectivity index (χ1n) is 9.74. The number of nitrogens with two attached hydrogens (primary N) is 2. The van der Waals surface area contributed by atoms with E-state index in [1.54, 1.807) is 24.5 Å². The maximum Gasteiger partial charge on any atom is 0.248 e. The summed E-state index contributed by atoms with van der Waals surface area (Å²) in [6, 6.07) is 11.3. The van der Waals surface area contributed by atoms with E-state index in [-0.39, 0.29) is 11.9 Å². The van der Waals surface area contributed by atoms with Crippen molar-refractivity contribution < 1.29 is 4.79 Å².